The molecule has 0 aliphatic heterocycles. The first kappa shape index (κ1) is 33.0. The highest BCUT2D eigenvalue weighted by molar-refractivity contribution is 7.47. The van der Waals surface area contributed by atoms with E-state index in [1.54, 1.807) is 0 Å². The molecule has 4 aliphatic rings. The second kappa shape index (κ2) is 12.6. The summed E-state index contributed by atoms with van der Waals surface area (Å²) >= 11 is 0. The second-order valence-corrected chi connectivity index (χ2v) is 18.1. The fourth-order valence-electron chi connectivity index (χ4n) is 10.6. The van der Waals surface area contributed by atoms with Crippen LogP contribution < -0.4 is 0 Å². The summed E-state index contributed by atoms with van der Waals surface area (Å²) < 4.78 is 24.6. The van der Waals surface area contributed by atoms with E-state index in [0.29, 0.717) is 27.8 Å². The average Bonchev–Trinajstić information content (AvgIpc) is 3.20. The Kier molecular flexibility index (Phi) is 10.4. The van der Waals surface area contributed by atoms with Gasteiger partial charge in [0.15, 0.2) is 0 Å². The molecular weight excluding hydrogens is 517 g/mol. The molecule has 4 aliphatic carbocycles. The molecule has 1 N–H and O–H groups in total. The first-order valence-electron chi connectivity index (χ1n) is 17.1. The lowest BCUT2D eigenvalue weighted by Gasteiger charge is -2.61. The van der Waals surface area contributed by atoms with Crippen molar-refractivity contribution in [2.24, 2.45) is 58.2 Å². The maximum Gasteiger partial charge on any atom is 0.472 e. The third-order valence-electron chi connectivity index (χ3n) is 13.1. The molecule has 0 spiro atoms. The second-order valence-electron chi connectivity index (χ2n) is 16.7. The van der Waals surface area contributed by atoms with Gasteiger partial charge < -0.3 is 9.38 Å². The molecule has 0 saturated heterocycles. The molecule has 4 saturated carbocycles. The zero-order valence-corrected chi connectivity index (χ0v) is 28.6. The van der Waals surface area contributed by atoms with Crippen molar-refractivity contribution < 1.29 is 23.0 Å². The van der Waals surface area contributed by atoms with E-state index in [1.165, 1.54) is 57.8 Å². The Morgan fingerprint density at radius 3 is 2.25 bits per heavy atom. The van der Waals surface area contributed by atoms with Gasteiger partial charge in [-0.3, -0.25) is 9.05 Å². The zero-order chi connectivity index (χ0) is 29.5. The monoisotopic (exact) mass is 582 g/mol. The van der Waals surface area contributed by atoms with Crippen molar-refractivity contribution in [2.45, 2.75) is 125 Å². The molecule has 1 unspecified atom stereocenters. The van der Waals surface area contributed by atoms with Crippen molar-refractivity contribution in [3.63, 3.8) is 0 Å². The Hall–Kier alpha value is 0.0700. The summed E-state index contributed by atoms with van der Waals surface area (Å²) in [6, 6.07) is 0. The van der Waals surface area contributed by atoms with Crippen molar-refractivity contribution in [1.29, 1.82) is 0 Å². The molecule has 0 aromatic heterocycles. The molecule has 4 fully saturated rings. The van der Waals surface area contributed by atoms with E-state index < -0.39 is 7.82 Å². The number of quaternary nitrogens is 1. The molecule has 0 aromatic carbocycles. The number of nitrogens with zero attached hydrogens (tertiary/aromatic N) is 1. The Morgan fingerprint density at radius 2 is 1.60 bits per heavy atom. The number of hydrogen-bond donors (Lipinski definition) is 1. The number of likely N-dealkylation sites (N-methyl/N-ethyl adjacent to an activating group) is 1. The van der Waals surface area contributed by atoms with Crippen LogP contribution in [0.25, 0.3) is 0 Å². The van der Waals surface area contributed by atoms with Crippen molar-refractivity contribution in [2.75, 3.05) is 34.3 Å². The van der Waals surface area contributed by atoms with E-state index in [9.17, 15) is 9.46 Å². The number of fused-ring (bicyclic) bond motifs is 5. The van der Waals surface area contributed by atoms with Crippen LogP contribution in [-0.4, -0.2) is 49.8 Å². The van der Waals surface area contributed by atoms with Crippen LogP contribution in [0.2, 0.25) is 0 Å². The van der Waals surface area contributed by atoms with Crippen LogP contribution in [0, 0.1) is 58.2 Å². The minimum absolute atomic E-state index is 0.155. The quantitative estimate of drug-likeness (QED) is 0.184. The van der Waals surface area contributed by atoms with Gasteiger partial charge in [-0.25, -0.2) is 4.57 Å². The summed E-state index contributed by atoms with van der Waals surface area (Å²) in [4.78, 5) is 10.4. The number of phosphoric acid groups is 1. The van der Waals surface area contributed by atoms with Gasteiger partial charge in [0, 0.05) is 0 Å². The minimum Gasteiger partial charge on any atom is -0.329 e. The molecule has 0 radical (unpaired) electrons. The van der Waals surface area contributed by atoms with Crippen molar-refractivity contribution in [1.82, 2.24) is 0 Å². The Balaban J connectivity index is 1.35. The maximum atomic E-state index is 12.7. The lowest BCUT2D eigenvalue weighted by molar-refractivity contribution is -0.870. The van der Waals surface area contributed by atoms with E-state index in [-0.39, 0.29) is 12.7 Å². The molecule has 0 aromatic rings. The molecule has 4 rings (SSSR count). The fourth-order valence-corrected chi connectivity index (χ4v) is 11.6. The van der Waals surface area contributed by atoms with E-state index in [4.69, 9.17) is 9.05 Å². The minimum atomic E-state index is -4.02. The lowest BCUT2D eigenvalue weighted by Crippen LogP contribution is -2.54. The highest BCUT2D eigenvalue weighted by atomic mass is 31.2. The first-order valence-corrected chi connectivity index (χ1v) is 18.6. The first-order chi connectivity index (χ1) is 18.6. The smallest absolute Gasteiger partial charge is 0.329 e. The predicted octanol–water partition coefficient (Wildman–Crippen LogP) is 8.95. The van der Waals surface area contributed by atoms with E-state index in [0.717, 1.165) is 60.7 Å². The maximum absolute atomic E-state index is 12.7. The zero-order valence-electron chi connectivity index (χ0n) is 27.7. The summed E-state index contributed by atoms with van der Waals surface area (Å²) in [5.74, 6) is 6.60. The van der Waals surface area contributed by atoms with Crippen molar-refractivity contribution in [3.05, 3.63) is 0 Å². The third-order valence-corrected chi connectivity index (χ3v) is 14.2. The highest BCUT2D eigenvalue weighted by Gasteiger charge is 2.60. The van der Waals surface area contributed by atoms with Crippen LogP contribution in [0.5, 0.6) is 0 Å². The fraction of sp³-hybridized carbons (Fsp3) is 1.00. The summed E-state index contributed by atoms with van der Waals surface area (Å²) in [7, 11) is 2.15. The highest BCUT2D eigenvalue weighted by Crippen LogP contribution is 2.69. The van der Waals surface area contributed by atoms with Crippen molar-refractivity contribution in [3.8, 4) is 0 Å². The molecule has 11 atom stereocenters. The van der Waals surface area contributed by atoms with Gasteiger partial charge in [-0.1, -0.05) is 54.4 Å². The Morgan fingerprint density at radius 1 is 0.925 bits per heavy atom. The Labute approximate surface area is 247 Å². The average molecular weight is 583 g/mol. The lowest BCUT2D eigenvalue weighted by atomic mass is 9.44. The molecule has 0 bridgehead atoms. The molecule has 0 heterocycles. The standard InChI is InChI=1S/C34H64NO4P/c1-10-26(24(2)3)12-11-25(4)30-15-16-31-29-14-13-27-23-28(39-40(36,37)38-22-21-35(7,8)9)17-19-33(27,5)32(29)18-20-34(30,31)6/h24-32H,10-23H2,1-9H3/p+1/t25-,26-,27+,28+,29+,30-,31+,32+,33+,34-/m1/s1. The Bertz CT molecular complexity index is 888. The van der Waals surface area contributed by atoms with Gasteiger partial charge in [-0.15, -0.1) is 0 Å². The van der Waals surface area contributed by atoms with Crippen LogP contribution in [0.15, 0.2) is 0 Å². The normalized spacial score (nSPS) is 41.1. The van der Waals surface area contributed by atoms with E-state index in [2.05, 4.69) is 62.7 Å². The van der Waals surface area contributed by atoms with Crippen LogP contribution in [0.3, 0.4) is 0 Å². The van der Waals surface area contributed by atoms with Gasteiger partial charge >= 0.3 is 7.82 Å². The van der Waals surface area contributed by atoms with Gasteiger partial charge in [0.1, 0.15) is 13.2 Å². The third kappa shape index (κ3) is 7.06. The van der Waals surface area contributed by atoms with E-state index >= 15 is 0 Å². The van der Waals surface area contributed by atoms with Crippen molar-refractivity contribution >= 4 is 7.82 Å². The molecule has 234 valence electrons. The van der Waals surface area contributed by atoms with Gasteiger partial charge in [0.25, 0.3) is 0 Å². The molecule has 40 heavy (non-hydrogen) atoms. The molecule has 6 heteroatoms. The van der Waals surface area contributed by atoms with Gasteiger partial charge in [-0.05, 0) is 122 Å². The predicted molar refractivity (Wildman–Crippen MR) is 166 cm³/mol. The summed E-state index contributed by atoms with van der Waals surface area (Å²) in [5, 5.41) is 0. The van der Waals surface area contributed by atoms with E-state index in [1.807, 2.05) is 0 Å². The largest absolute Gasteiger partial charge is 0.472 e. The number of hydrogen-bond acceptors (Lipinski definition) is 3. The summed E-state index contributed by atoms with van der Waals surface area (Å²) in [5.41, 5.74) is 0.875. The van der Waals surface area contributed by atoms with Gasteiger partial charge in [0.05, 0.1) is 27.2 Å². The van der Waals surface area contributed by atoms with Crippen LogP contribution in [-0.2, 0) is 13.6 Å². The van der Waals surface area contributed by atoms with Crippen LogP contribution in [0.4, 0.5) is 0 Å². The molecule has 5 nitrogen and oxygen atoms in total. The van der Waals surface area contributed by atoms with Crippen LogP contribution in [0.1, 0.15) is 119 Å². The summed E-state index contributed by atoms with van der Waals surface area (Å²) in [6.45, 7) is 16.0. The van der Waals surface area contributed by atoms with Gasteiger partial charge in [0.2, 0.25) is 0 Å². The molecule has 0 amide bonds. The molecular formula is C34H65NO4P+. The SMILES string of the molecule is CC[C@H](CC[C@@H](C)[C@H]1CC[C@H]2[C@@H]3CC[C@H]4C[C@@H](OP(=O)(O)OCC[N+](C)(C)C)CC[C@]4(C)[C@H]3CC[C@]12C)C(C)C. The van der Waals surface area contributed by atoms with Crippen LogP contribution >= 0.6 is 7.82 Å². The number of phosphoric ester groups is 1. The van der Waals surface area contributed by atoms with Gasteiger partial charge in [-0.2, -0.15) is 0 Å². The topological polar surface area (TPSA) is 55.8 Å². The number of rotatable bonds is 12. The summed E-state index contributed by atoms with van der Waals surface area (Å²) in [6.07, 6.45) is 15.2.